The van der Waals surface area contributed by atoms with Gasteiger partial charge in [-0.3, -0.25) is 0 Å². The second kappa shape index (κ2) is 5.39. The summed E-state index contributed by atoms with van der Waals surface area (Å²) in [7, 11) is 0. The summed E-state index contributed by atoms with van der Waals surface area (Å²) in [5, 5.41) is 2.95. The number of halogens is 4. The van der Waals surface area contributed by atoms with Crippen LogP contribution >= 0.6 is 0 Å². The molecule has 1 saturated carbocycles. The molecule has 106 valence electrons. The standard InChI is InChI=1S/C14H17F4N/c1-9-8-10(15)6-7-12(9)19-13-5-3-2-4-11(13)14(16,17)18/h6-8,11,13,19H,2-5H2,1H3. The lowest BCUT2D eigenvalue weighted by atomic mass is 9.83. The fourth-order valence-corrected chi connectivity index (χ4v) is 2.68. The fraction of sp³-hybridized carbons (Fsp3) is 0.571. The molecule has 0 aromatic heterocycles. The highest BCUT2D eigenvalue weighted by Crippen LogP contribution is 2.39. The maximum absolute atomic E-state index is 13.0. The predicted octanol–water partition coefficient (Wildman–Crippen LogP) is 4.67. The lowest BCUT2D eigenvalue weighted by molar-refractivity contribution is -0.184. The first-order valence-corrected chi connectivity index (χ1v) is 6.47. The van der Waals surface area contributed by atoms with Gasteiger partial charge in [-0.15, -0.1) is 0 Å². The molecule has 0 spiro atoms. The van der Waals surface area contributed by atoms with Crippen LogP contribution in [0.2, 0.25) is 0 Å². The first-order valence-electron chi connectivity index (χ1n) is 6.47. The topological polar surface area (TPSA) is 12.0 Å². The van der Waals surface area contributed by atoms with E-state index in [2.05, 4.69) is 5.32 Å². The summed E-state index contributed by atoms with van der Waals surface area (Å²) in [6, 6.07) is 3.49. The van der Waals surface area contributed by atoms with Gasteiger partial charge in [0, 0.05) is 11.7 Å². The summed E-state index contributed by atoms with van der Waals surface area (Å²) in [5.41, 5.74) is 1.22. The number of aryl methyl sites for hydroxylation is 1. The Morgan fingerprint density at radius 2 is 1.84 bits per heavy atom. The highest BCUT2D eigenvalue weighted by atomic mass is 19.4. The van der Waals surface area contributed by atoms with E-state index in [-0.39, 0.29) is 12.2 Å². The SMILES string of the molecule is Cc1cc(F)ccc1NC1CCCCC1C(F)(F)F. The normalized spacial score (nSPS) is 24.3. The molecule has 1 N–H and O–H groups in total. The molecule has 1 aliphatic rings. The van der Waals surface area contributed by atoms with Crippen LogP contribution < -0.4 is 5.32 Å². The minimum absolute atomic E-state index is 0.168. The third kappa shape index (κ3) is 3.39. The van der Waals surface area contributed by atoms with Gasteiger partial charge in [-0.1, -0.05) is 12.8 Å². The largest absolute Gasteiger partial charge is 0.393 e. The lowest BCUT2D eigenvalue weighted by Crippen LogP contribution is -2.41. The Morgan fingerprint density at radius 1 is 1.16 bits per heavy atom. The van der Waals surface area contributed by atoms with Crippen LogP contribution in [-0.2, 0) is 0 Å². The summed E-state index contributed by atoms with van der Waals surface area (Å²) >= 11 is 0. The van der Waals surface area contributed by atoms with Crippen LogP contribution in [0.15, 0.2) is 18.2 Å². The Balaban J connectivity index is 2.15. The molecule has 19 heavy (non-hydrogen) atoms. The van der Waals surface area contributed by atoms with Gasteiger partial charge in [0.05, 0.1) is 5.92 Å². The number of anilines is 1. The molecule has 1 aromatic rings. The highest BCUT2D eigenvalue weighted by Gasteiger charge is 2.45. The monoisotopic (exact) mass is 275 g/mol. The average Bonchev–Trinajstić information content (AvgIpc) is 2.32. The Hall–Kier alpha value is -1.26. The van der Waals surface area contributed by atoms with Gasteiger partial charge in [0.1, 0.15) is 5.82 Å². The molecule has 1 nitrogen and oxygen atoms in total. The quantitative estimate of drug-likeness (QED) is 0.773. The molecule has 0 heterocycles. The van der Waals surface area contributed by atoms with Crippen molar-refractivity contribution in [1.82, 2.24) is 0 Å². The van der Waals surface area contributed by atoms with Crippen molar-refractivity contribution in [1.29, 1.82) is 0 Å². The molecule has 1 fully saturated rings. The van der Waals surface area contributed by atoms with Gasteiger partial charge >= 0.3 is 6.18 Å². The number of hydrogen-bond acceptors (Lipinski definition) is 1. The maximum Gasteiger partial charge on any atom is 0.393 e. The van der Waals surface area contributed by atoms with E-state index in [0.717, 1.165) is 6.42 Å². The third-order valence-electron chi connectivity index (χ3n) is 3.72. The van der Waals surface area contributed by atoms with Gasteiger partial charge in [0.15, 0.2) is 0 Å². The van der Waals surface area contributed by atoms with Crippen LogP contribution in [0, 0.1) is 18.7 Å². The summed E-state index contributed by atoms with van der Waals surface area (Å²) in [6.45, 7) is 1.69. The van der Waals surface area contributed by atoms with Crippen LogP contribution in [0.4, 0.5) is 23.2 Å². The van der Waals surface area contributed by atoms with Gasteiger partial charge in [-0.2, -0.15) is 13.2 Å². The minimum Gasteiger partial charge on any atom is -0.381 e. The van der Waals surface area contributed by atoms with Gasteiger partial charge < -0.3 is 5.32 Å². The van der Waals surface area contributed by atoms with E-state index in [1.807, 2.05) is 0 Å². The average molecular weight is 275 g/mol. The number of benzene rings is 1. The molecule has 5 heteroatoms. The Kier molecular flexibility index (Phi) is 4.02. The molecule has 0 saturated heterocycles. The number of rotatable bonds is 2. The molecule has 2 rings (SSSR count). The van der Waals surface area contributed by atoms with Gasteiger partial charge in [0.25, 0.3) is 0 Å². The molecule has 0 bridgehead atoms. The van der Waals surface area contributed by atoms with Crippen LogP contribution in [0.5, 0.6) is 0 Å². The fourth-order valence-electron chi connectivity index (χ4n) is 2.68. The smallest absolute Gasteiger partial charge is 0.381 e. The van der Waals surface area contributed by atoms with Crippen molar-refractivity contribution in [3.05, 3.63) is 29.6 Å². The molecular formula is C14H17F4N. The van der Waals surface area contributed by atoms with Gasteiger partial charge in [-0.05, 0) is 43.5 Å². The summed E-state index contributed by atoms with van der Waals surface area (Å²) < 4.78 is 51.9. The van der Waals surface area contributed by atoms with Crippen LogP contribution in [-0.4, -0.2) is 12.2 Å². The van der Waals surface area contributed by atoms with Crippen molar-refractivity contribution in [2.45, 2.75) is 44.8 Å². The van der Waals surface area contributed by atoms with E-state index >= 15 is 0 Å². The van der Waals surface area contributed by atoms with Crippen LogP contribution in [0.25, 0.3) is 0 Å². The Morgan fingerprint density at radius 3 is 2.47 bits per heavy atom. The van der Waals surface area contributed by atoms with E-state index < -0.39 is 18.1 Å². The van der Waals surface area contributed by atoms with E-state index in [1.54, 1.807) is 6.92 Å². The first-order chi connectivity index (χ1) is 8.88. The molecule has 0 radical (unpaired) electrons. The van der Waals surface area contributed by atoms with Gasteiger partial charge in [-0.25, -0.2) is 4.39 Å². The van der Waals surface area contributed by atoms with Crippen molar-refractivity contribution in [3.8, 4) is 0 Å². The van der Waals surface area contributed by atoms with Gasteiger partial charge in [0.2, 0.25) is 0 Å². The number of alkyl halides is 3. The number of nitrogens with one attached hydrogen (secondary N) is 1. The minimum atomic E-state index is -4.17. The van der Waals surface area contributed by atoms with Crippen molar-refractivity contribution in [2.24, 2.45) is 5.92 Å². The van der Waals surface area contributed by atoms with E-state index in [1.165, 1.54) is 18.2 Å². The zero-order chi connectivity index (χ0) is 14.0. The maximum atomic E-state index is 13.0. The van der Waals surface area contributed by atoms with Crippen LogP contribution in [0.1, 0.15) is 31.2 Å². The second-order valence-electron chi connectivity index (χ2n) is 5.14. The third-order valence-corrected chi connectivity index (χ3v) is 3.72. The van der Waals surface area contributed by atoms with Crippen molar-refractivity contribution >= 4 is 5.69 Å². The van der Waals surface area contributed by atoms with E-state index in [9.17, 15) is 17.6 Å². The highest BCUT2D eigenvalue weighted by molar-refractivity contribution is 5.51. The molecule has 2 unspecified atom stereocenters. The molecule has 1 aliphatic carbocycles. The Labute approximate surface area is 110 Å². The molecular weight excluding hydrogens is 258 g/mol. The summed E-state index contributed by atoms with van der Waals surface area (Å²) in [6.07, 6.45) is -2.09. The second-order valence-corrected chi connectivity index (χ2v) is 5.14. The summed E-state index contributed by atoms with van der Waals surface area (Å²) in [4.78, 5) is 0. The Bertz CT molecular complexity index is 442. The zero-order valence-corrected chi connectivity index (χ0v) is 10.7. The lowest BCUT2D eigenvalue weighted by Gasteiger charge is -2.34. The molecule has 0 aliphatic heterocycles. The van der Waals surface area contributed by atoms with Crippen LogP contribution in [0.3, 0.4) is 0 Å². The molecule has 0 amide bonds. The van der Waals surface area contributed by atoms with Crippen molar-refractivity contribution < 1.29 is 17.6 Å². The zero-order valence-electron chi connectivity index (χ0n) is 10.7. The van der Waals surface area contributed by atoms with Crippen molar-refractivity contribution in [2.75, 3.05) is 5.32 Å². The predicted molar refractivity (Wildman–Crippen MR) is 66.6 cm³/mol. The number of hydrogen-bond donors (Lipinski definition) is 1. The first kappa shape index (κ1) is 14.2. The van der Waals surface area contributed by atoms with E-state index in [0.29, 0.717) is 24.1 Å². The van der Waals surface area contributed by atoms with Crippen molar-refractivity contribution in [3.63, 3.8) is 0 Å². The molecule has 1 aromatic carbocycles. The van der Waals surface area contributed by atoms with E-state index in [4.69, 9.17) is 0 Å². The summed E-state index contributed by atoms with van der Waals surface area (Å²) in [5.74, 6) is -1.69. The molecule has 2 atom stereocenters.